The predicted octanol–water partition coefficient (Wildman–Crippen LogP) is 1.87. The van der Waals surface area contributed by atoms with Crippen molar-refractivity contribution in [2.24, 2.45) is 5.92 Å². The summed E-state index contributed by atoms with van der Waals surface area (Å²) in [7, 11) is 0. The number of hydrogen-bond donors (Lipinski definition) is 2. The van der Waals surface area contributed by atoms with Crippen molar-refractivity contribution in [1.29, 1.82) is 0 Å². The maximum Gasteiger partial charge on any atom is 0.290 e. The summed E-state index contributed by atoms with van der Waals surface area (Å²) in [6.07, 6.45) is 1.43. The fraction of sp³-hybridized carbons (Fsp3) is 0.478. The van der Waals surface area contributed by atoms with E-state index in [9.17, 15) is 14.4 Å². The first kappa shape index (κ1) is 22.0. The van der Waals surface area contributed by atoms with Crippen LogP contribution in [0.4, 0.5) is 0 Å². The lowest BCUT2D eigenvalue weighted by atomic mass is 9.98. The van der Waals surface area contributed by atoms with Crippen molar-refractivity contribution in [3.05, 3.63) is 52.4 Å². The van der Waals surface area contributed by atoms with Crippen LogP contribution in [-0.4, -0.2) is 52.5 Å². The van der Waals surface area contributed by atoms with Gasteiger partial charge in [0.1, 0.15) is 6.04 Å². The van der Waals surface area contributed by atoms with Crippen molar-refractivity contribution in [2.45, 2.75) is 46.2 Å². The average Bonchev–Trinajstić information content (AvgIpc) is 3.36. The Morgan fingerprint density at radius 1 is 1.25 bits per heavy atom. The number of carbonyl (C=O) groups is 3. The van der Waals surface area contributed by atoms with Gasteiger partial charge in [-0.1, -0.05) is 36.3 Å². The molecule has 1 aromatic carbocycles. The Labute approximate surface area is 187 Å². The second-order valence-electron chi connectivity index (χ2n) is 8.38. The predicted molar refractivity (Wildman–Crippen MR) is 116 cm³/mol. The van der Waals surface area contributed by atoms with Gasteiger partial charge in [0, 0.05) is 31.7 Å². The fourth-order valence-corrected chi connectivity index (χ4v) is 4.26. The third kappa shape index (κ3) is 4.12. The summed E-state index contributed by atoms with van der Waals surface area (Å²) in [4.78, 5) is 38.9. The van der Waals surface area contributed by atoms with Crippen LogP contribution in [0.15, 0.2) is 28.8 Å². The molecule has 170 valence electrons. The highest BCUT2D eigenvalue weighted by atomic mass is 16.5. The zero-order valence-electron chi connectivity index (χ0n) is 18.7. The van der Waals surface area contributed by atoms with Crippen LogP contribution in [-0.2, 0) is 16.1 Å². The topological polar surface area (TPSA) is 108 Å². The molecular formula is C23H29N5O4. The molecule has 2 aliphatic heterocycles. The molecule has 1 unspecified atom stereocenters. The van der Waals surface area contributed by atoms with Gasteiger partial charge in [-0.25, -0.2) is 5.01 Å². The van der Waals surface area contributed by atoms with Gasteiger partial charge in [0.25, 0.3) is 11.8 Å². The molecule has 2 aliphatic rings. The number of aromatic nitrogens is 1. The number of benzene rings is 1. The van der Waals surface area contributed by atoms with Gasteiger partial charge in [-0.15, -0.1) is 0 Å². The van der Waals surface area contributed by atoms with E-state index in [0.717, 1.165) is 24.1 Å². The van der Waals surface area contributed by atoms with Crippen LogP contribution in [0, 0.1) is 19.8 Å². The Bertz CT molecular complexity index is 1030. The minimum atomic E-state index is -0.745. The van der Waals surface area contributed by atoms with E-state index in [1.807, 2.05) is 36.2 Å². The van der Waals surface area contributed by atoms with Crippen molar-refractivity contribution < 1.29 is 18.9 Å². The molecule has 2 aromatic rings. The van der Waals surface area contributed by atoms with Gasteiger partial charge in [-0.05, 0) is 37.8 Å². The highest BCUT2D eigenvalue weighted by Crippen LogP contribution is 2.30. The summed E-state index contributed by atoms with van der Waals surface area (Å²) in [6, 6.07) is 7.00. The van der Waals surface area contributed by atoms with Crippen LogP contribution < -0.4 is 10.6 Å². The number of rotatable bonds is 6. The van der Waals surface area contributed by atoms with E-state index in [-0.39, 0.29) is 24.1 Å². The number of hydrogen-bond acceptors (Lipinski definition) is 6. The van der Waals surface area contributed by atoms with Gasteiger partial charge in [0.2, 0.25) is 11.7 Å². The number of carbonyl (C=O) groups excluding carboxylic acids is 3. The maximum atomic E-state index is 13.3. The highest BCUT2D eigenvalue weighted by Gasteiger charge is 2.38. The Hall–Kier alpha value is -3.20. The van der Waals surface area contributed by atoms with E-state index in [0.29, 0.717) is 30.8 Å². The molecule has 0 spiro atoms. The lowest BCUT2D eigenvalue weighted by Gasteiger charge is -2.28. The molecule has 1 fully saturated rings. The normalized spacial score (nSPS) is 19.2. The quantitative estimate of drug-likeness (QED) is 0.712. The van der Waals surface area contributed by atoms with Crippen molar-refractivity contribution >= 4 is 17.7 Å². The van der Waals surface area contributed by atoms with Gasteiger partial charge in [0.05, 0.1) is 11.6 Å². The molecular weight excluding hydrogens is 410 g/mol. The zero-order valence-corrected chi connectivity index (χ0v) is 18.7. The first-order valence-electron chi connectivity index (χ1n) is 11.1. The van der Waals surface area contributed by atoms with E-state index in [1.165, 1.54) is 0 Å². The standard InChI is InChI=1S/C23H29N5O4/c1-4-16(12-24-22(30)20-14(2)15(3)26-32-20)21(29)25-19-18-9-6-5-8-17(18)13-27-10-7-11-28(27)23(19)31/h5-6,8-9,16,19H,4,7,10-13H2,1-3H3,(H,24,30)(H,25,29)/t16?,19-/m0/s1. The highest BCUT2D eigenvalue weighted by molar-refractivity contribution is 5.94. The summed E-state index contributed by atoms with van der Waals surface area (Å²) < 4.78 is 5.09. The summed E-state index contributed by atoms with van der Waals surface area (Å²) in [6.45, 7) is 7.68. The molecule has 0 aliphatic carbocycles. The first-order valence-corrected chi connectivity index (χ1v) is 11.1. The molecule has 0 saturated carbocycles. The molecule has 3 heterocycles. The molecule has 9 nitrogen and oxygen atoms in total. The van der Waals surface area contributed by atoms with Crippen LogP contribution >= 0.6 is 0 Å². The third-order valence-electron chi connectivity index (χ3n) is 6.37. The summed E-state index contributed by atoms with van der Waals surface area (Å²) in [5, 5.41) is 13.3. The molecule has 1 saturated heterocycles. The summed E-state index contributed by atoms with van der Waals surface area (Å²) in [5.74, 6) is -1.12. The number of nitrogens with one attached hydrogen (secondary N) is 2. The first-order chi connectivity index (χ1) is 15.4. The van der Waals surface area contributed by atoms with Crippen LogP contribution in [0.2, 0.25) is 0 Å². The van der Waals surface area contributed by atoms with Gasteiger partial charge in [0.15, 0.2) is 0 Å². The van der Waals surface area contributed by atoms with Crippen LogP contribution in [0.3, 0.4) is 0 Å². The van der Waals surface area contributed by atoms with Crippen LogP contribution in [0.5, 0.6) is 0 Å². The fourth-order valence-electron chi connectivity index (χ4n) is 4.26. The Morgan fingerprint density at radius 3 is 2.75 bits per heavy atom. The number of hydrazine groups is 1. The van der Waals surface area contributed by atoms with Gasteiger partial charge in [-0.2, -0.15) is 0 Å². The maximum absolute atomic E-state index is 13.3. The lowest BCUT2D eigenvalue weighted by Crippen LogP contribution is -2.47. The monoisotopic (exact) mass is 439 g/mol. The minimum absolute atomic E-state index is 0.118. The number of aryl methyl sites for hydroxylation is 1. The van der Waals surface area contributed by atoms with Crippen molar-refractivity contribution in [1.82, 2.24) is 25.8 Å². The van der Waals surface area contributed by atoms with Crippen LogP contribution in [0.25, 0.3) is 0 Å². The van der Waals surface area contributed by atoms with Crippen molar-refractivity contribution in [3.8, 4) is 0 Å². The molecule has 2 atom stereocenters. The Kier molecular flexibility index (Phi) is 6.27. The van der Waals surface area contributed by atoms with E-state index in [4.69, 9.17) is 4.52 Å². The molecule has 2 N–H and O–H groups in total. The van der Waals surface area contributed by atoms with Gasteiger partial charge in [-0.3, -0.25) is 19.4 Å². The second-order valence-corrected chi connectivity index (χ2v) is 8.38. The van der Waals surface area contributed by atoms with Gasteiger partial charge >= 0.3 is 0 Å². The zero-order chi connectivity index (χ0) is 22.8. The summed E-state index contributed by atoms with van der Waals surface area (Å²) >= 11 is 0. The Balaban J connectivity index is 1.47. The SMILES string of the molecule is CCC(CNC(=O)c1onc(C)c1C)C(=O)N[C@@H]1C(=O)N2CCCN2Cc2ccccc21. The molecule has 0 radical (unpaired) electrons. The molecule has 1 aromatic heterocycles. The molecule has 0 bridgehead atoms. The van der Waals surface area contributed by atoms with Crippen molar-refractivity contribution in [3.63, 3.8) is 0 Å². The number of amides is 3. The molecule has 32 heavy (non-hydrogen) atoms. The average molecular weight is 440 g/mol. The number of nitrogens with zero attached hydrogens (tertiary/aromatic N) is 3. The van der Waals surface area contributed by atoms with E-state index in [1.54, 1.807) is 18.9 Å². The van der Waals surface area contributed by atoms with Crippen molar-refractivity contribution in [2.75, 3.05) is 19.6 Å². The van der Waals surface area contributed by atoms with Gasteiger partial charge < -0.3 is 15.2 Å². The largest absolute Gasteiger partial charge is 0.350 e. The summed E-state index contributed by atoms with van der Waals surface area (Å²) in [5.41, 5.74) is 3.19. The molecule has 4 rings (SSSR count). The van der Waals surface area contributed by atoms with E-state index < -0.39 is 17.9 Å². The number of fused-ring (bicyclic) bond motifs is 2. The second kappa shape index (κ2) is 9.12. The third-order valence-corrected chi connectivity index (χ3v) is 6.37. The smallest absolute Gasteiger partial charge is 0.290 e. The minimum Gasteiger partial charge on any atom is -0.350 e. The Morgan fingerprint density at radius 2 is 2.03 bits per heavy atom. The van der Waals surface area contributed by atoms with Crippen LogP contribution in [0.1, 0.15) is 58.7 Å². The lowest BCUT2D eigenvalue weighted by molar-refractivity contribution is -0.148. The van der Waals surface area contributed by atoms with E-state index in [2.05, 4.69) is 15.8 Å². The molecule has 3 amide bonds. The van der Waals surface area contributed by atoms with E-state index >= 15 is 0 Å². The molecule has 9 heteroatoms.